The first kappa shape index (κ1) is 14.3. The number of aliphatic hydroxyl groups is 1. The molecule has 1 aliphatic carbocycles. The van der Waals surface area contributed by atoms with Crippen LogP contribution in [-0.2, 0) is 0 Å². The molecule has 2 N–H and O–H groups in total. The summed E-state index contributed by atoms with van der Waals surface area (Å²) >= 11 is 0. The molecule has 0 heterocycles. The van der Waals surface area contributed by atoms with Crippen LogP contribution in [-0.4, -0.2) is 24.4 Å². The maximum absolute atomic E-state index is 13.9. The third kappa shape index (κ3) is 3.67. The van der Waals surface area contributed by atoms with Crippen LogP contribution >= 0.6 is 0 Å². The minimum atomic E-state index is -0.241. The average Bonchev–Trinajstić information content (AvgIpc) is 2.41. The third-order valence-electron chi connectivity index (χ3n) is 3.86. The van der Waals surface area contributed by atoms with Crippen molar-refractivity contribution in [3.8, 4) is 5.75 Å². The molecular formula is C15H22FNO2. The molecule has 1 saturated carbocycles. The highest BCUT2D eigenvalue weighted by Gasteiger charge is 2.22. The van der Waals surface area contributed by atoms with Crippen LogP contribution in [0.15, 0.2) is 18.2 Å². The summed E-state index contributed by atoms with van der Waals surface area (Å²) in [6, 6.07) is 5.29. The van der Waals surface area contributed by atoms with E-state index in [0.29, 0.717) is 17.4 Å². The van der Waals surface area contributed by atoms with Gasteiger partial charge in [0.2, 0.25) is 0 Å². The minimum Gasteiger partial charge on any atom is -0.497 e. The summed E-state index contributed by atoms with van der Waals surface area (Å²) in [5.74, 6) is 0.296. The zero-order valence-corrected chi connectivity index (χ0v) is 11.5. The van der Waals surface area contributed by atoms with Gasteiger partial charge in [0.25, 0.3) is 0 Å². The predicted octanol–water partition coefficient (Wildman–Crippen LogP) is 2.79. The van der Waals surface area contributed by atoms with Gasteiger partial charge >= 0.3 is 0 Å². The summed E-state index contributed by atoms with van der Waals surface area (Å²) in [5, 5.41) is 12.9. The number of halogens is 1. The van der Waals surface area contributed by atoms with Gasteiger partial charge in [-0.2, -0.15) is 0 Å². The third-order valence-corrected chi connectivity index (χ3v) is 3.86. The number of hydrogen-bond donors (Lipinski definition) is 2. The molecule has 106 valence electrons. The Morgan fingerprint density at radius 2 is 2.00 bits per heavy atom. The van der Waals surface area contributed by atoms with Crippen molar-refractivity contribution in [2.24, 2.45) is 0 Å². The molecule has 19 heavy (non-hydrogen) atoms. The molecule has 1 aromatic rings. The Bertz CT molecular complexity index is 417. The first-order valence-corrected chi connectivity index (χ1v) is 6.87. The molecule has 3 nitrogen and oxygen atoms in total. The van der Waals surface area contributed by atoms with Crippen molar-refractivity contribution < 1.29 is 14.2 Å². The Morgan fingerprint density at radius 1 is 1.32 bits per heavy atom. The van der Waals surface area contributed by atoms with Crippen LogP contribution in [0.3, 0.4) is 0 Å². The Labute approximate surface area is 113 Å². The Hall–Kier alpha value is -1.13. The summed E-state index contributed by atoms with van der Waals surface area (Å²) < 4.78 is 18.9. The lowest BCUT2D eigenvalue weighted by Gasteiger charge is -2.29. The first-order chi connectivity index (χ1) is 9.10. The van der Waals surface area contributed by atoms with Gasteiger partial charge in [0.05, 0.1) is 13.2 Å². The molecule has 4 heteroatoms. The number of rotatable bonds is 4. The Kier molecular flexibility index (Phi) is 4.77. The fourth-order valence-corrected chi connectivity index (χ4v) is 2.67. The van der Waals surface area contributed by atoms with Crippen molar-refractivity contribution in [1.29, 1.82) is 0 Å². The van der Waals surface area contributed by atoms with Gasteiger partial charge in [-0.15, -0.1) is 0 Å². The molecule has 0 spiro atoms. The van der Waals surface area contributed by atoms with Gasteiger partial charge in [0.15, 0.2) is 0 Å². The molecule has 0 amide bonds. The molecule has 1 atom stereocenters. The lowest BCUT2D eigenvalue weighted by Crippen LogP contribution is -2.36. The molecule has 0 saturated heterocycles. The van der Waals surface area contributed by atoms with E-state index in [4.69, 9.17) is 4.74 Å². The zero-order chi connectivity index (χ0) is 13.8. The van der Waals surface area contributed by atoms with Gasteiger partial charge in [-0.1, -0.05) is 6.07 Å². The van der Waals surface area contributed by atoms with Crippen molar-refractivity contribution in [1.82, 2.24) is 5.32 Å². The van der Waals surface area contributed by atoms with Crippen LogP contribution in [0.25, 0.3) is 0 Å². The molecule has 1 unspecified atom stereocenters. The summed E-state index contributed by atoms with van der Waals surface area (Å²) in [4.78, 5) is 0. The highest BCUT2D eigenvalue weighted by molar-refractivity contribution is 5.30. The van der Waals surface area contributed by atoms with E-state index in [1.165, 1.54) is 13.2 Å². The topological polar surface area (TPSA) is 41.5 Å². The fraction of sp³-hybridized carbons (Fsp3) is 0.600. The highest BCUT2D eigenvalue weighted by Crippen LogP contribution is 2.25. The number of hydrogen-bond acceptors (Lipinski definition) is 3. The van der Waals surface area contributed by atoms with E-state index in [-0.39, 0.29) is 18.0 Å². The van der Waals surface area contributed by atoms with E-state index in [1.54, 1.807) is 12.1 Å². The second-order valence-corrected chi connectivity index (χ2v) is 5.28. The number of ether oxygens (including phenoxy) is 1. The lowest BCUT2D eigenvalue weighted by molar-refractivity contribution is 0.114. The van der Waals surface area contributed by atoms with Crippen molar-refractivity contribution in [2.45, 2.75) is 50.8 Å². The number of nitrogens with one attached hydrogen (secondary N) is 1. The Balaban J connectivity index is 1.97. The van der Waals surface area contributed by atoms with Crippen LogP contribution in [0, 0.1) is 5.82 Å². The van der Waals surface area contributed by atoms with Crippen LogP contribution < -0.4 is 10.1 Å². The first-order valence-electron chi connectivity index (χ1n) is 6.87. The average molecular weight is 267 g/mol. The second kappa shape index (κ2) is 6.35. The molecule has 1 aromatic carbocycles. The molecule has 2 rings (SSSR count). The van der Waals surface area contributed by atoms with E-state index >= 15 is 0 Å². The SMILES string of the molecule is COc1ccc(C(C)NC2CCC(O)CC2)c(F)c1. The number of aliphatic hydroxyl groups excluding tert-OH is 1. The molecule has 0 aliphatic heterocycles. The smallest absolute Gasteiger partial charge is 0.131 e. The Morgan fingerprint density at radius 3 is 2.58 bits per heavy atom. The summed E-state index contributed by atoms with van der Waals surface area (Å²) in [6.45, 7) is 1.97. The fourth-order valence-electron chi connectivity index (χ4n) is 2.67. The van der Waals surface area contributed by atoms with Crippen LogP contribution in [0.2, 0.25) is 0 Å². The number of methoxy groups -OCH3 is 1. The summed E-state index contributed by atoms with van der Waals surface area (Å²) in [7, 11) is 1.53. The predicted molar refractivity (Wildman–Crippen MR) is 72.8 cm³/mol. The van der Waals surface area contributed by atoms with Crippen molar-refractivity contribution in [3.63, 3.8) is 0 Å². The van der Waals surface area contributed by atoms with Crippen molar-refractivity contribution in [3.05, 3.63) is 29.6 Å². The maximum atomic E-state index is 13.9. The lowest BCUT2D eigenvalue weighted by atomic mass is 9.92. The van der Waals surface area contributed by atoms with Crippen LogP contribution in [0.1, 0.15) is 44.2 Å². The van der Waals surface area contributed by atoms with Gasteiger partial charge in [-0.3, -0.25) is 0 Å². The van der Waals surface area contributed by atoms with E-state index in [9.17, 15) is 9.50 Å². The van der Waals surface area contributed by atoms with Crippen molar-refractivity contribution in [2.75, 3.05) is 7.11 Å². The van der Waals surface area contributed by atoms with E-state index in [1.807, 2.05) is 6.92 Å². The molecule has 0 radical (unpaired) electrons. The van der Waals surface area contributed by atoms with Gasteiger partial charge in [-0.05, 0) is 38.7 Å². The van der Waals surface area contributed by atoms with Gasteiger partial charge < -0.3 is 15.2 Å². The number of benzene rings is 1. The van der Waals surface area contributed by atoms with E-state index in [0.717, 1.165) is 25.7 Å². The van der Waals surface area contributed by atoms with Gasteiger partial charge in [0, 0.05) is 23.7 Å². The van der Waals surface area contributed by atoms with E-state index < -0.39 is 0 Å². The summed E-state index contributed by atoms with van der Waals surface area (Å²) in [6.07, 6.45) is 3.39. The maximum Gasteiger partial charge on any atom is 0.131 e. The quantitative estimate of drug-likeness (QED) is 0.881. The van der Waals surface area contributed by atoms with Crippen LogP contribution in [0.5, 0.6) is 5.75 Å². The normalized spacial score (nSPS) is 25.1. The van der Waals surface area contributed by atoms with Gasteiger partial charge in [0.1, 0.15) is 11.6 Å². The van der Waals surface area contributed by atoms with Crippen LogP contribution in [0.4, 0.5) is 4.39 Å². The van der Waals surface area contributed by atoms with Crippen molar-refractivity contribution >= 4 is 0 Å². The molecule has 0 aromatic heterocycles. The molecular weight excluding hydrogens is 245 g/mol. The molecule has 1 aliphatic rings. The standard InChI is InChI=1S/C15H22FNO2/c1-10(17-11-3-5-12(18)6-4-11)14-8-7-13(19-2)9-15(14)16/h7-12,17-18H,3-6H2,1-2H3. The zero-order valence-electron chi connectivity index (χ0n) is 11.5. The summed E-state index contributed by atoms with van der Waals surface area (Å²) in [5.41, 5.74) is 0.659. The monoisotopic (exact) mass is 267 g/mol. The van der Waals surface area contributed by atoms with Gasteiger partial charge in [-0.25, -0.2) is 4.39 Å². The largest absolute Gasteiger partial charge is 0.497 e. The second-order valence-electron chi connectivity index (χ2n) is 5.28. The molecule has 0 bridgehead atoms. The minimum absolute atomic E-state index is 0.0360. The van der Waals surface area contributed by atoms with E-state index in [2.05, 4.69) is 5.32 Å². The molecule has 1 fully saturated rings. The highest BCUT2D eigenvalue weighted by atomic mass is 19.1.